The Morgan fingerprint density at radius 2 is 2.16 bits per heavy atom. The number of benzene rings is 1. The predicted octanol–water partition coefficient (Wildman–Crippen LogP) is 3.82. The number of piperidine rings is 1. The third-order valence-corrected chi connectivity index (χ3v) is 3.96. The molecule has 1 heterocycles. The maximum atomic E-state index is 12.0. The maximum absolute atomic E-state index is 12.0. The van der Waals surface area contributed by atoms with Crippen molar-refractivity contribution in [2.45, 2.75) is 25.9 Å². The van der Waals surface area contributed by atoms with Crippen LogP contribution in [0, 0.1) is 5.92 Å². The lowest BCUT2D eigenvalue weighted by Crippen LogP contribution is -2.40. The van der Waals surface area contributed by atoms with Gasteiger partial charge in [0, 0.05) is 18.4 Å². The molecule has 1 aromatic rings. The first-order chi connectivity index (χ1) is 9.29. The smallest absolute Gasteiger partial charge is 0.410 e. The van der Waals surface area contributed by atoms with Crippen molar-refractivity contribution in [2.24, 2.45) is 5.92 Å². The number of rotatable bonds is 4. The molecule has 1 unspecified atom stereocenters. The first kappa shape index (κ1) is 14.4. The minimum absolute atomic E-state index is 0.178. The highest BCUT2D eigenvalue weighted by Crippen LogP contribution is 2.21. The second kappa shape index (κ2) is 7.53. The summed E-state index contributed by atoms with van der Waals surface area (Å²) in [4.78, 5) is 13.9. The number of alkyl halides is 1. The van der Waals surface area contributed by atoms with Gasteiger partial charge in [-0.3, -0.25) is 0 Å². The Balaban J connectivity index is 1.79. The Morgan fingerprint density at radius 1 is 1.37 bits per heavy atom. The maximum Gasteiger partial charge on any atom is 0.410 e. The molecule has 1 aromatic carbocycles. The van der Waals surface area contributed by atoms with E-state index in [9.17, 15) is 4.79 Å². The molecule has 1 atom stereocenters. The number of ether oxygens (including phenoxy) is 1. The van der Waals surface area contributed by atoms with E-state index in [1.807, 2.05) is 35.2 Å². The van der Waals surface area contributed by atoms with Crippen molar-refractivity contribution in [1.82, 2.24) is 4.90 Å². The third kappa shape index (κ3) is 4.53. The number of hydrogen-bond acceptors (Lipinski definition) is 2. The van der Waals surface area contributed by atoms with Crippen LogP contribution in [0.15, 0.2) is 30.3 Å². The van der Waals surface area contributed by atoms with E-state index < -0.39 is 0 Å². The van der Waals surface area contributed by atoms with Gasteiger partial charge >= 0.3 is 6.09 Å². The molecule has 19 heavy (non-hydrogen) atoms. The van der Waals surface area contributed by atoms with Crippen molar-refractivity contribution in [3.05, 3.63) is 35.9 Å². The molecule has 1 aliphatic rings. The average molecular weight is 326 g/mol. The van der Waals surface area contributed by atoms with Gasteiger partial charge in [-0.25, -0.2) is 4.79 Å². The first-order valence-corrected chi connectivity index (χ1v) is 7.93. The van der Waals surface area contributed by atoms with Crippen LogP contribution >= 0.6 is 15.9 Å². The molecule has 0 spiro atoms. The second-order valence-electron chi connectivity index (χ2n) is 4.97. The molecular weight excluding hydrogens is 306 g/mol. The Kier molecular flexibility index (Phi) is 5.70. The number of carbonyl (C=O) groups is 1. The van der Waals surface area contributed by atoms with E-state index in [-0.39, 0.29) is 6.09 Å². The SMILES string of the molecule is O=C(OCc1ccccc1)N1CCCC(CCBr)C1. The van der Waals surface area contributed by atoms with Crippen molar-refractivity contribution in [1.29, 1.82) is 0 Å². The number of nitrogens with zero attached hydrogens (tertiary/aromatic N) is 1. The summed E-state index contributed by atoms with van der Waals surface area (Å²) < 4.78 is 5.37. The third-order valence-electron chi connectivity index (χ3n) is 3.50. The van der Waals surface area contributed by atoms with E-state index in [0.717, 1.165) is 36.8 Å². The molecule has 1 aliphatic heterocycles. The monoisotopic (exact) mass is 325 g/mol. The zero-order valence-electron chi connectivity index (χ0n) is 11.1. The summed E-state index contributed by atoms with van der Waals surface area (Å²) >= 11 is 3.47. The molecule has 4 heteroatoms. The second-order valence-corrected chi connectivity index (χ2v) is 5.77. The van der Waals surface area contributed by atoms with Gasteiger partial charge in [-0.2, -0.15) is 0 Å². The van der Waals surface area contributed by atoms with E-state index in [0.29, 0.717) is 12.5 Å². The summed E-state index contributed by atoms with van der Waals surface area (Å²) in [7, 11) is 0. The van der Waals surface area contributed by atoms with Crippen molar-refractivity contribution in [3.8, 4) is 0 Å². The van der Waals surface area contributed by atoms with Gasteiger partial charge in [0.2, 0.25) is 0 Å². The van der Waals surface area contributed by atoms with E-state index in [2.05, 4.69) is 15.9 Å². The van der Waals surface area contributed by atoms with Crippen LogP contribution in [0.25, 0.3) is 0 Å². The van der Waals surface area contributed by atoms with Crippen molar-refractivity contribution in [3.63, 3.8) is 0 Å². The standard InChI is InChI=1S/C15H20BrNO2/c16-9-8-13-7-4-10-17(11-13)15(18)19-12-14-5-2-1-3-6-14/h1-3,5-6,13H,4,7-12H2. The number of amides is 1. The highest BCUT2D eigenvalue weighted by molar-refractivity contribution is 9.09. The van der Waals surface area contributed by atoms with Gasteiger partial charge in [-0.1, -0.05) is 46.3 Å². The number of likely N-dealkylation sites (tertiary alicyclic amines) is 1. The van der Waals surface area contributed by atoms with E-state index in [1.165, 1.54) is 6.42 Å². The summed E-state index contributed by atoms with van der Waals surface area (Å²) in [6.07, 6.45) is 3.25. The van der Waals surface area contributed by atoms with Gasteiger partial charge in [0.1, 0.15) is 6.61 Å². The van der Waals surface area contributed by atoms with Gasteiger partial charge in [0.15, 0.2) is 0 Å². The highest BCUT2D eigenvalue weighted by atomic mass is 79.9. The largest absolute Gasteiger partial charge is 0.445 e. The molecule has 1 saturated heterocycles. The van der Waals surface area contributed by atoms with Crippen LogP contribution in [-0.2, 0) is 11.3 Å². The molecule has 104 valence electrons. The van der Waals surface area contributed by atoms with Gasteiger partial charge < -0.3 is 9.64 Å². The normalized spacial score (nSPS) is 19.2. The van der Waals surface area contributed by atoms with Crippen LogP contribution in [0.2, 0.25) is 0 Å². The van der Waals surface area contributed by atoms with Gasteiger partial charge in [0.25, 0.3) is 0 Å². The zero-order chi connectivity index (χ0) is 13.5. The topological polar surface area (TPSA) is 29.5 Å². The minimum atomic E-state index is -0.178. The van der Waals surface area contributed by atoms with Crippen LogP contribution in [0.4, 0.5) is 4.79 Å². The van der Waals surface area contributed by atoms with Crippen LogP contribution in [0.3, 0.4) is 0 Å². The minimum Gasteiger partial charge on any atom is -0.445 e. The molecule has 0 N–H and O–H groups in total. The molecule has 1 amide bonds. The number of hydrogen-bond donors (Lipinski definition) is 0. The van der Waals surface area contributed by atoms with Gasteiger partial charge in [0.05, 0.1) is 0 Å². The molecule has 0 saturated carbocycles. The number of carbonyl (C=O) groups excluding carboxylic acids is 1. The van der Waals surface area contributed by atoms with Crippen molar-refractivity contribution < 1.29 is 9.53 Å². The Morgan fingerprint density at radius 3 is 2.89 bits per heavy atom. The Hall–Kier alpha value is -1.03. The average Bonchev–Trinajstić information content (AvgIpc) is 2.46. The predicted molar refractivity (Wildman–Crippen MR) is 79.3 cm³/mol. The highest BCUT2D eigenvalue weighted by Gasteiger charge is 2.24. The fourth-order valence-corrected chi connectivity index (χ4v) is 3.08. The molecule has 0 aromatic heterocycles. The van der Waals surface area contributed by atoms with E-state index >= 15 is 0 Å². The summed E-state index contributed by atoms with van der Waals surface area (Å²) in [5.41, 5.74) is 1.03. The van der Waals surface area contributed by atoms with Crippen LogP contribution in [0.5, 0.6) is 0 Å². The van der Waals surface area contributed by atoms with Gasteiger partial charge in [-0.05, 0) is 30.7 Å². The van der Waals surface area contributed by atoms with Crippen molar-refractivity contribution in [2.75, 3.05) is 18.4 Å². The lowest BCUT2D eigenvalue weighted by Gasteiger charge is -2.31. The fraction of sp³-hybridized carbons (Fsp3) is 0.533. The fourth-order valence-electron chi connectivity index (χ4n) is 2.43. The number of halogens is 1. The lowest BCUT2D eigenvalue weighted by atomic mass is 9.96. The molecular formula is C15H20BrNO2. The summed E-state index contributed by atoms with van der Waals surface area (Å²) in [5.74, 6) is 0.609. The van der Waals surface area contributed by atoms with Crippen LogP contribution < -0.4 is 0 Å². The molecule has 0 aliphatic carbocycles. The van der Waals surface area contributed by atoms with E-state index in [1.54, 1.807) is 0 Å². The molecule has 1 fully saturated rings. The quantitative estimate of drug-likeness (QED) is 0.787. The first-order valence-electron chi connectivity index (χ1n) is 6.81. The lowest BCUT2D eigenvalue weighted by molar-refractivity contribution is 0.0788. The van der Waals surface area contributed by atoms with Gasteiger partial charge in [-0.15, -0.1) is 0 Å². The summed E-state index contributed by atoms with van der Waals surface area (Å²) in [6, 6.07) is 9.81. The molecule has 3 nitrogen and oxygen atoms in total. The van der Waals surface area contributed by atoms with Crippen LogP contribution in [-0.4, -0.2) is 29.4 Å². The zero-order valence-corrected chi connectivity index (χ0v) is 12.6. The molecule has 0 bridgehead atoms. The molecule has 2 rings (SSSR count). The van der Waals surface area contributed by atoms with Crippen LogP contribution in [0.1, 0.15) is 24.8 Å². The van der Waals surface area contributed by atoms with Crippen molar-refractivity contribution >= 4 is 22.0 Å². The summed E-state index contributed by atoms with van der Waals surface area (Å²) in [5, 5.41) is 1.00. The Labute approximate surface area is 123 Å². The van der Waals surface area contributed by atoms with E-state index in [4.69, 9.17) is 4.74 Å². The molecule has 0 radical (unpaired) electrons. The summed E-state index contributed by atoms with van der Waals surface area (Å²) in [6.45, 7) is 2.02. The Bertz CT molecular complexity index is 394.